The van der Waals surface area contributed by atoms with Crippen LogP contribution in [-0.2, 0) is 21.4 Å². The van der Waals surface area contributed by atoms with E-state index < -0.39 is 16.1 Å². The number of hydrogen-bond acceptors (Lipinski definition) is 6. The number of sulfonamides is 1. The minimum absolute atomic E-state index is 0.0918. The summed E-state index contributed by atoms with van der Waals surface area (Å²) in [4.78, 5) is 20.2. The second-order valence-electron chi connectivity index (χ2n) is 10.1. The normalized spacial score (nSPS) is 12.9. The summed E-state index contributed by atoms with van der Waals surface area (Å²) in [7, 11) is -2.34. The van der Waals surface area contributed by atoms with Gasteiger partial charge >= 0.3 is 0 Å². The third-order valence-electron chi connectivity index (χ3n) is 6.02. The molecule has 0 fully saturated rings. The van der Waals surface area contributed by atoms with Crippen LogP contribution in [0.15, 0.2) is 46.0 Å². The molecule has 0 unspecified atom stereocenters. The molecule has 36 heavy (non-hydrogen) atoms. The van der Waals surface area contributed by atoms with E-state index in [2.05, 4.69) is 9.71 Å². The van der Waals surface area contributed by atoms with Crippen molar-refractivity contribution in [2.24, 2.45) is 11.8 Å². The van der Waals surface area contributed by atoms with Gasteiger partial charge in [-0.2, -0.15) is 4.72 Å². The van der Waals surface area contributed by atoms with E-state index in [0.717, 1.165) is 22.6 Å². The number of carbonyl (C=O) groups is 1. The van der Waals surface area contributed by atoms with E-state index in [1.807, 2.05) is 41.5 Å². The molecule has 8 nitrogen and oxygen atoms in total. The second kappa shape index (κ2) is 11.4. The van der Waals surface area contributed by atoms with Gasteiger partial charge in [-0.1, -0.05) is 27.7 Å². The van der Waals surface area contributed by atoms with Crippen molar-refractivity contribution in [1.82, 2.24) is 14.6 Å². The lowest BCUT2D eigenvalue weighted by molar-refractivity contribution is -0.134. The van der Waals surface area contributed by atoms with E-state index in [1.165, 1.54) is 12.3 Å². The third kappa shape index (κ3) is 6.44. The molecule has 2 heterocycles. The molecule has 196 valence electrons. The summed E-state index contributed by atoms with van der Waals surface area (Å²) < 4.78 is 40.2. The van der Waals surface area contributed by atoms with Crippen molar-refractivity contribution in [3.63, 3.8) is 0 Å². The summed E-state index contributed by atoms with van der Waals surface area (Å²) in [6.07, 6.45) is 3.61. The Kier molecular flexibility index (Phi) is 8.79. The van der Waals surface area contributed by atoms with Crippen LogP contribution in [0.5, 0.6) is 5.75 Å². The molecular weight excluding hydrogens is 478 g/mol. The van der Waals surface area contributed by atoms with E-state index in [1.54, 1.807) is 36.4 Å². The molecular formula is C27H37N3O5S. The van der Waals surface area contributed by atoms with Gasteiger partial charge in [-0.05, 0) is 56.4 Å². The number of aryl methyl sites for hydroxylation is 1. The first-order valence-electron chi connectivity index (χ1n) is 12.2. The Labute approximate surface area is 214 Å². The third-order valence-corrected chi connectivity index (χ3v) is 7.49. The van der Waals surface area contributed by atoms with Crippen molar-refractivity contribution in [3.8, 4) is 5.75 Å². The Balaban J connectivity index is 1.93. The van der Waals surface area contributed by atoms with Crippen LogP contribution in [0, 0.1) is 25.7 Å². The Morgan fingerprint density at radius 3 is 2.50 bits per heavy atom. The van der Waals surface area contributed by atoms with Crippen LogP contribution in [0.4, 0.5) is 0 Å². The minimum Gasteiger partial charge on any atom is -0.496 e. The van der Waals surface area contributed by atoms with Gasteiger partial charge in [0.1, 0.15) is 17.4 Å². The smallest absolute Gasteiger partial charge is 0.241 e. The number of ether oxygens (including phenoxy) is 1. The van der Waals surface area contributed by atoms with Gasteiger partial charge in [0.2, 0.25) is 15.9 Å². The van der Waals surface area contributed by atoms with Gasteiger partial charge in [0.25, 0.3) is 0 Å². The molecule has 0 aliphatic rings. The van der Waals surface area contributed by atoms with Crippen LogP contribution in [0.3, 0.4) is 0 Å². The van der Waals surface area contributed by atoms with Gasteiger partial charge < -0.3 is 14.1 Å². The lowest BCUT2D eigenvalue weighted by Gasteiger charge is -2.30. The number of furan rings is 1. The first kappa shape index (κ1) is 27.7. The first-order chi connectivity index (χ1) is 16.9. The van der Waals surface area contributed by atoms with Gasteiger partial charge in [0, 0.05) is 29.3 Å². The fourth-order valence-electron chi connectivity index (χ4n) is 4.34. The highest BCUT2D eigenvalue weighted by Crippen LogP contribution is 2.26. The van der Waals surface area contributed by atoms with Crippen molar-refractivity contribution in [2.45, 2.75) is 65.4 Å². The number of amides is 1. The zero-order chi connectivity index (χ0) is 26.6. The molecule has 1 N–H and O–H groups in total. The van der Waals surface area contributed by atoms with Gasteiger partial charge in [-0.25, -0.2) is 8.42 Å². The number of pyridine rings is 1. The lowest BCUT2D eigenvalue weighted by Crippen LogP contribution is -2.49. The molecule has 0 saturated heterocycles. The van der Waals surface area contributed by atoms with E-state index in [-0.39, 0.29) is 29.2 Å². The summed E-state index contributed by atoms with van der Waals surface area (Å²) in [5, 5.41) is 0.681. The Bertz CT molecular complexity index is 1310. The van der Waals surface area contributed by atoms with Crippen LogP contribution in [0.25, 0.3) is 11.0 Å². The van der Waals surface area contributed by atoms with Crippen molar-refractivity contribution < 1.29 is 22.4 Å². The predicted molar refractivity (Wildman–Crippen MR) is 140 cm³/mol. The second-order valence-corrected chi connectivity index (χ2v) is 11.8. The topological polar surface area (TPSA) is 102 Å². The molecule has 0 saturated carbocycles. The monoisotopic (exact) mass is 515 g/mol. The van der Waals surface area contributed by atoms with Crippen LogP contribution in [0.2, 0.25) is 0 Å². The van der Waals surface area contributed by atoms with Crippen molar-refractivity contribution in [3.05, 3.63) is 53.5 Å². The van der Waals surface area contributed by atoms with Crippen LogP contribution in [-0.4, -0.2) is 43.9 Å². The van der Waals surface area contributed by atoms with Gasteiger partial charge in [-0.15, -0.1) is 0 Å². The molecule has 0 aliphatic carbocycles. The number of benzene rings is 1. The molecule has 0 aliphatic heterocycles. The van der Waals surface area contributed by atoms with E-state index in [0.29, 0.717) is 23.9 Å². The molecule has 0 bridgehead atoms. The number of fused-ring (bicyclic) bond motifs is 1. The zero-order valence-corrected chi connectivity index (χ0v) is 23.0. The standard InChI is InChI=1S/C27H37N3O5S/c1-17(2)12-23(29-36(32,33)22-8-9-25-21(13-22)10-11-35-25)27(31)30(15-18(3)4)16-24-20(6)26(34-7)19(5)14-28-24/h8-11,13-14,17-18,23,29H,12,15-16H2,1-7H3/t23-/m0/s1. The average Bonchev–Trinajstić information content (AvgIpc) is 3.27. The van der Waals surface area contributed by atoms with Crippen molar-refractivity contribution in [2.75, 3.05) is 13.7 Å². The number of hydrogen-bond donors (Lipinski definition) is 1. The van der Waals surface area contributed by atoms with Gasteiger partial charge in [0.05, 0.1) is 30.5 Å². The largest absolute Gasteiger partial charge is 0.496 e. The summed E-state index contributed by atoms with van der Waals surface area (Å²) in [6.45, 7) is 12.6. The predicted octanol–water partition coefficient (Wildman–Crippen LogP) is 4.83. The molecule has 1 atom stereocenters. The minimum atomic E-state index is -3.95. The van der Waals surface area contributed by atoms with Crippen LogP contribution in [0.1, 0.15) is 50.9 Å². The molecule has 1 aromatic carbocycles. The fourth-order valence-corrected chi connectivity index (χ4v) is 5.58. The number of nitrogens with zero attached hydrogens (tertiary/aromatic N) is 2. The van der Waals surface area contributed by atoms with Crippen molar-refractivity contribution >= 4 is 26.9 Å². The molecule has 3 rings (SSSR count). The quantitative estimate of drug-likeness (QED) is 0.392. The molecule has 0 spiro atoms. The summed E-state index contributed by atoms with van der Waals surface area (Å²) >= 11 is 0. The first-order valence-corrected chi connectivity index (χ1v) is 13.7. The SMILES string of the molecule is COc1c(C)cnc(CN(CC(C)C)C(=O)[C@H](CC(C)C)NS(=O)(=O)c2ccc3occc3c2)c1C. The lowest BCUT2D eigenvalue weighted by atomic mass is 10.0. The molecule has 1 amide bonds. The maximum absolute atomic E-state index is 13.9. The fraction of sp³-hybridized carbons (Fsp3) is 0.481. The van der Waals surface area contributed by atoms with Gasteiger partial charge in [-0.3, -0.25) is 9.78 Å². The highest BCUT2D eigenvalue weighted by Gasteiger charge is 2.31. The van der Waals surface area contributed by atoms with E-state index in [4.69, 9.17) is 9.15 Å². The van der Waals surface area contributed by atoms with Crippen LogP contribution < -0.4 is 9.46 Å². The average molecular weight is 516 g/mol. The Morgan fingerprint density at radius 1 is 1.14 bits per heavy atom. The summed E-state index contributed by atoms with van der Waals surface area (Å²) in [5.41, 5.74) is 3.11. The van der Waals surface area contributed by atoms with Gasteiger partial charge in [0.15, 0.2) is 0 Å². The summed E-state index contributed by atoms with van der Waals surface area (Å²) in [6, 6.07) is 5.45. The zero-order valence-electron chi connectivity index (χ0n) is 22.2. The number of nitrogens with one attached hydrogen (secondary N) is 1. The number of carbonyl (C=O) groups excluding carboxylic acids is 1. The van der Waals surface area contributed by atoms with E-state index >= 15 is 0 Å². The summed E-state index contributed by atoms with van der Waals surface area (Å²) in [5.74, 6) is 0.747. The number of methoxy groups -OCH3 is 1. The maximum atomic E-state index is 13.9. The highest BCUT2D eigenvalue weighted by atomic mass is 32.2. The van der Waals surface area contributed by atoms with Crippen molar-refractivity contribution in [1.29, 1.82) is 0 Å². The Hall–Kier alpha value is -2.91. The van der Waals surface area contributed by atoms with Crippen LogP contribution >= 0.6 is 0 Å². The van der Waals surface area contributed by atoms with E-state index in [9.17, 15) is 13.2 Å². The molecule has 3 aromatic rings. The molecule has 9 heteroatoms. The maximum Gasteiger partial charge on any atom is 0.241 e. The number of aromatic nitrogens is 1. The highest BCUT2D eigenvalue weighted by molar-refractivity contribution is 7.89. The Morgan fingerprint density at radius 2 is 1.86 bits per heavy atom. The molecule has 2 aromatic heterocycles. The molecule has 0 radical (unpaired) electrons. The number of rotatable bonds is 11.